The highest BCUT2D eigenvalue weighted by molar-refractivity contribution is 7.18. The molecule has 1 heterocycles. The number of carbonyl (C=O) groups excluding carboxylic acids is 1. The summed E-state index contributed by atoms with van der Waals surface area (Å²) in [6.45, 7) is 0.340. The number of methoxy groups -OCH3 is 1. The van der Waals surface area contributed by atoms with Gasteiger partial charge in [0.2, 0.25) is 0 Å². The molecule has 0 atom stereocenters. The van der Waals surface area contributed by atoms with Crippen LogP contribution in [0.5, 0.6) is 0 Å². The average molecular weight is 242 g/mol. The van der Waals surface area contributed by atoms with Gasteiger partial charge in [0.25, 0.3) is 0 Å². The van der Waals surface area contributed by atoms with Gasteiger partial charge in [0.15, 0.2) is 0 Å². The molecular weight excluding hydrogens is 233 g/mol. The van der Waals surface area contributed by atoms with E-state index in [-0.39, 0.29) is 18.4 Å². The summed E-state index contributed by atoms with van der Waals surface area (Å²) >= 11 is 6.96. The van der Waals surface area contributed by atoms with E-state index >= 15 is 0 Å². The third-order valence-electron chi connectivity index (χ3n) is 1.36. The van der Waals surface area contributed by atoms with E-state index in [1.54, 1.807) is 6.07 Å². The number of esters is 1. The van der Waals surface area contributed by atoms with E-state index in [4.69, 9.17) is 17.3 Å². The largest absolute Gasteiger partial charge is 0.465 e. The Morgan fingerprint density at radius 2 is 2.38 bits per heavy atom. The summed E-state index contributed by atoms with van der Waals surface area (Å²) in [5.74, 6) is -0.374. The minimum absolute atomic E-state index is 0. The molecule has 74 valence electrons. The van der Waals surface area contributed by atoms with Crippen molar-refractivity contribution in [3.05, 3.63) is 20.8 Å². The van der Waals surface area contributed by atoms with Crippen LogP contribution >= 0.6 is 35.3 Å². The summed E-state index contributed by atoms with van der Waals surface area (Å²) in [4.78, 5) is 11.5. The number of hydrogen-bond donors (Lipinski definition) is 1. The zero-order valence-electron chi connectivity index (χ0n) is 6.87. The van der Waals surface area contributed by atoms with Crippen LogP contribution in [0.3, 0.4) is 0 Å². The Bertz CT molecular complexity index is 301. The number of hydrogen-bond acceptors (Lipinski definition) is 4. The zero-order valence-corrected chi connectivity index (χ0v) is 9.26. The van der Waals surface area contributed by atoms with Crippen molar-refractivity contribution in [2.75, 3.05) is 7.11 Å². The molecule has 0 spiro atoms. The topological polar surface area (TPSA) is 52.3 Å². The van der Waals surface area contributed by atoms with Gasteiger partial charge in [-0.25, -0.2) is 4.79 Å². The predicted octanol–water partition coefficient (Wildman–Crippen LogP) is 2.07. The van der Waals surface area contributed by atoms with Crippen LogP contribution in [-0.2, 0) is 11.3 Å². The number of rotatable bonds is 2. The summed E-state index contributed by atoms with van der Waals surface area (Å²) < 4.78 is 5.07. The molecule has 0 amide bonds. The molecule has 0 saturated carbocycles. The van der Waals surface area contributed by atoms with Crippen LogP contribution in [0, 0.1) is 0 Å². The van der Waals surface area contributed by atoms with Gasteiger partial charge in [0.05, 0.1) is 11.4 Å². The van der Waals surface area contributed by atoms with Crippen LogP contribution < -0.4 is 5.73 Å². The highest BCUT2D eigenvalue weighted by atomic mass is 35.5. The van der Waals surface area contributed by atoms with Crippen LogP contribution in [0.25, 0.3) is 0 Å². The van der Waals surface area contributed by atoms with E-state index in [0.717, 1.165) is 5.56 Å². The van der Waals surface area contributed by atoms with E-state index in [1.165, 1.54) is 18.4 Å². The fourth-order valence-corrected chi connectivity index (χ4v) is 1.96. The monoisotopic (exact) mass is 241 g/mol. The van der Waals surface area contributed by atoms with Crippen molar-refractivity contribution >= 4 is 41.3 Å². The van der Waals surface area contributed by atoms with Crippen LogP contribution in [0.2, 0.25) is 4.34 Å². The molecule has 0 fully saturated rings. The smallest absolute Gasteiger partial charge is 0.348 e. The lowest BCUT2D eigenvalue weighted by Gasteiger charge is -1.90. The van der Waals surface area contributed by atoms with E-state index < -0.39 is 0 Å². The van der Waals surface area contributed by atoms with Gasteiger partial charge in [-0.3, -0.25) is 0 Å². The van der Waals surface area contributed by atoms with Crippen molar-refractivity contribution in [2.24, 2.45) is 5.73 Å². The Hall–Kier alpha value is -0.290. The molecule has 3 nitrogen and oxygen atoms in total. The van der Waals surface area contributed by atoms with Gasteiger partial charge >= 0.3 is 5.97 Å². The molecule has 0 aliphatic carbocycles. The molecule has 1 aromatic heterocycles. The summed E-state index contributed by atoms with van der Waals surface area (Å²) in [5.41, 5.74) is 6.16. The van der Waals surface area contributed by atoms with Crippen molar-refractivity contribution in [2.45, 2.75) is 6.54 Å². The van der Waals surface area contributed by atoms with E-state index in [2.05, 4.69) is 4.74 Å². The molecule has 0 unspecified atom stereocenters. The lowest BCUT2D eigenvalue weighted by atomic mass is 10.3. The maximum Gasteiger partial charge on any atom is 0.348 e. The van der Waals surface area contributed by atoms with Gasteiger partial charge in [-0.05, 0) is 11.6 Å². The lowest BCUT2D eigenvalue weighted by molar-refractivity contribution is 0.0606. The highest BCUT2D eigenvalue weighted by Crippen LogP contribution is 2.27. The predicted molar refractivity (Wildman–Crippen MR) is 55.8 cm³/mol. The Labute approximate surface area is 91.2 Å². The standard InChI is InChI=1S/C7H8ClNO2S.ClH/c1-11-7(10)5-2-4(3-9)6(8)12-5;/h2H,3,9H2,1H3;1H. The van der Waals surface area contributed by atoms with Gasteiger partial charge in [0, 0.05) is 6.54 Å². The Morgan fingerprint density at radius 3 is 2.77 bits per heavy atom. The molecule has 1 aromatic rings. The zero-order chi connectivity index (χ0) is 9.14. The minimum Gasteiger partial charge on any atom is -0.465 e. The highest BCUT2D eigenvalue weighted by Gasteiger charge is 2.12. The first-order valence-corrected chi connectivity index (χ1v) is 4.45. The van der Waals surface area contributed by atoms with Gasteiger partial charge in [-0.15, -0.1) is 23.7 Å². The minimum atomic E-state index is -0.374. The third-order valence-corrected chi connectivity index (χ3v) is 2.78. The van der Waals surface area contributed by atoms with Crippen molar-refractivity contribution in [3.8, 4) is 0 Å². The Morgan fingerprint density at radius 1 is 1.77 bits per heavy atom. The summed E-state index contributed by atoms with van der Waals surface area (Å²) in [6, 6.07) is 1.65. The maximum absolute atomic E-state index is 11.0. The molecule has 6 heteroatoms. The first-order chi connectivity index (χ1) is 5.69. The number of halogens is 2. The molecule has 0 aliphatic rings. The summed E-state index contributed by atoms with van der Waals surface area (Å²) in [5, 5.41) is 0. The quantitative estimate of drug-likeness (QED) is 0.807. The summed E-state index contributed by atoms with van der Waals surface area (Å²) in [6.07, 6.45) is 0. The molecular formula is C7H9Cl2NO2S. The molecule has 1 rings (SSSR count). The number of carbonyl (C=O) groups is 1. The maximum atomic E-state index is 11.0. The van der Waals surface area contributed by atoms with Gasteiger partial charge in [-0.2, -0.15) is 0 Å². The van der Waals surface area contributed by atoms with Crippen LogP contribution in [0.15, 0.2) is 6.07 Å². The molecule has 0 saturated heterocycles. The van der Waals surface area contributed by atoms with Gasteiger partial charge in [0.1, 0.15) is 4.88 Å². The van der Waals surface area contributed by atoms with Gasteiger partial charge < -0.3 is 10.5 Å². The summed E-state index contributed by atoms with van der Waals surface area (Å²) in [7, 11) is 1.33. The van der Waals surface area contributed by atoms with E-state index in [1.807, 2.05) is 0 Å². The van der Waals surface area contributed by atoms with Crippen LogP contribution in [-0.4, -0.2) is 13.1 Å². The second-order valence-corrected chi connectivity index (χ2v) is 3.76. The average Bonchev–Trinajstić information content (AvgIpc) is 2.45. The number of ether oxygens (including phenoxy) is 1. The first-order valence-electron chi connectivity index (χ1n) is 3.25. The fraction of sp³-hybridized carbons (Fsp3) is 0.286. The normalized spacial score (nSPS) is 9.15. The molecule has 13 heavy (non-hydrogen) atoms. The van der Waals surface area contributed by atoms with Crippen molar-refractivity contribution < 1.29 is 9.53 Å². The number of thiophene rings is 1. The molecule has 2 N–H and O–H groups in total. The second-order valence-electron chi connectivity index (χ2n) is 2.11. The van der Waals surface area contributed by atoms with E-state index in [9.17, 15) is 4.79 Å². The molecule has 0 aliphatic heterocycles. The van der Waals surface area contributed by atoms with E-state index in [0.29, 0.717) is 15.8 Å². The lowest BCUT2D eigenvalue weighted by Crippen LogP contribution is -1.98. The molecule has 0 bridgehead atoms. The molecule has 0 radical (unpaired) electrons. The van der Waals surface area contributed by atoms with Gasteiger partial charge in [-0.1, -0.05) is 11.6 Å². The first kappa shape index (κ1) is 12.7. The Kier molecular flexibility index (Phi) is 5.32. The third kappa shape index (κ3) is 2.84. The fourth-order valence-electron chi connectivity index (χ4n) is 0.747. The molecule has 0 aromatic carbocycles. The second kappa shape index (κ2) is 5.44. The van der Waals surface area contributed by atoms with Crippen molar-refractivity contribution in [1.29, 1.82) is 0 Å². The van der Waals surface area contributed by atoms with Crippen molar-refractivity contribution in [3.63, 3.8) is 0 Å². The Balaban J connectivity index is 0.00000144. The van der Waals surface area contributed by atoms with Crippen LogP contribution in [0.4, 0.5) is 0 Å². The van der Waals surface area contributed by atoms with Crippen LogP contribution in [0.1, 0.15) is 15.2 Å². The SMILES string of the molecule is COC(=O)c1cc(CN)c(Cl)s1.Cl. The number of nitrogens with two attached hydrogens (primary N) is 1. The van der Waals surface area contributed by atoms with Crippen molar-refractivity contribution in [1.82, 2.24) is 0 Å².